The van der Waals surface area contributed by atoms with E-state index in [9.17, 15) is 24.5 Å². The van der Waals surface area contributed by atoms with Gasteiger partial charge in [-0.1, -0.05) is 37.6 Å². The van der Waals surface area contributed by atoms with E-state index in [1.807, 2.05) is 13.8 Å². The summed E-state index contributed by atoms with van der Waals surface area (Å²) in [6.07, 6.45) is 0.229. The van der Waals surface area contributed by atoms with E-state index in [1.54, 1.807) is 38.1 Å². The lowest BCUT2D eigenvalue weighted by Crippen LogP contribution is -2.47. The fraction of sp³-hybridized carbons (Fsp3) is 0.348. The van der Waals surface area contributed by atoms with Crippen LogP contribution in [0.3, 0.4) is 0 Å². The second kappa shape index (κ2) is 11.4. The summed E-state index contributed by atoms with van der Waals surface area (Å²) in [5.74, 6) is -1.38. The van der Waals surface area contributed by atoms with Crippen LogP contribution in [0.25, 0.3) is 0 Å². The van der Waals surface area contributed by atoms with E-state index < -0.39 is 22.8 Å². The van der Waals surface area contributed by atoms with Gasteiger partial charge in [-0.3, -0.25) is 24.5 Å². The molecule has 0 aliphatic heterocycles. The molecule has 0 heterocycles. The van der Waals surface area contributed by atoms with Crippen LogP contribution < -0.4 is 16.0 Å². The van der Waals surface area contributed by atoms with E-state index in [4.69, 9.17) is 11.6 Å². The molecule has 0 saturated heterocycles. The van der Waals surface area contributed by atoms with Gasteiger partial charge in [0.2, 0.25) is 11.8 Å². The van der Waals surface area contributed by atoms with Crippen molar-refractivity contribution < 1.29 is 19.3 Å². The first kappa shape index (κ1) is 25.8. The molecule has 1 unspecified atom stereocenters. The number of anilines is 1. The molecular weight excluding hydrogens is 448 g/mol. The molecule has 0 fully saturated rings. The summed E-state index contributed by atoms with van der Waals surface area (Å²) in [6, 6.07) is 9.55. The Morgan fingerprint density at radius 3 is 2.15 bits per heavy atom. The number of nitrogens with one attached hydrogen (secondary N) is 3. The quantitative estimate of drug-likeness (QED) is 0.376. The third-order valence-corrected chi connectivity index (χ3v) is 4.99. The van der Waals surface area contributed by atoms with Gasteiger partial charge in [-0.15, -0.1) is 0 Å². The Bertz CT molecular complexity index is 1040. The van der Waals surface area contributed by atoms with Crippen LogP contribution >= 0.6 is 11.6 Å². The zero-order valence-corrected chi connectivity index (χ0v) is 19.6. The van der Waals surface area contributed by atoms with Crippen LogP contribution in [0.5, 0.6) is 0 Å². The van der Waals surface area contributed by atoms with E-state index in [2.05, 4.69) is 16.0 Å². The minimum atomic E-state index is -0.875. The van der Waals surface area contributed by atoms with Gasteiger partial charge in [0.05, 0.1) is 21.9 Å². The number of nitro groups is 1. The van der Waals surface area contributed by atoms with E-state index in [0.29, 0.717) is 5.69 Å². The SMILES string of the molecule is CC(C)NC(=O)Cc1ccc(NC(=O)C(NC(=O)c2ccc([N+](=O)[O-])cc2Cl)C(C)C)cc1. The highest BCUT2D eigenvalue weighted by Crippen LogP contribution is 2.23. The van der Waals surface area contributed by atoms with E-state index in [1.165, 1.54) is 12.1 Å². The van der Waals surface area contributed by atoms with E-state index >= 15 is 0 Å². The summed E-state index contributed by atoms with van der Waals surface area (Å²) >= 11 is 6.02. The van der Waals surface area contributed by atoms with Gasteiger partial charge in [0, 0.05) is 23.9 Å². The van der Waals surface area contributed by atoms with Gasteiger partial charge in [0.1, 0.15) is 6.04 Å². The summed E-state index contributed by atoms with van der Waals surface area (Å²) in [5.41, 5.74) is 1.11. The van der Waals surface area contributed by atoms with Crippen molar-refractivity contribution in [2.75, 3.05) is 5.32 Å². The molecule has 0 bridgehead atoms. The van der Waals surface area contributed by atoms with Gasteiger partial charge in [0.25, 0.3) is 11.6 Å². The molecule has 10 heteroatoms. The van der Waals surface area contributed by atoms with Crippen LogP contribution in [-0.2, 0) is 16.0 Å². The lowest BCUT2D eigenvalue weighted by Gasteiger charge is -2.22. The van der Waals surface area contributed by atoms with Crippen molar-refractivity contribution in [2.45, 2.75) is 46.2 Å². The van der Waals surface area contributed by atoms with E-state index in [0.717, 1.165) is 11.6 Å². The molecule has 3 N–H and O–H groups in total. The molecule has 0 spiro atoms. The maximum atomic E-state index is 12.8. The Morgan fingerprint density at radius 2 is 1.64 bits per heavy atom. The highest BCUT2D eigenvalue weighted by Gasteiger charge is 2.26. The molecule has 0 aliphatic carbocycles. The number of rotatable bonds is 9. The van der Waals surface area contributed by atoms with Gasteiger partial charge in [0.15, 0.2) is 0 Å². The fourth-order valence-corrected chi connectivity index (χ4v) is 3.30. The molecule has 9 nitrogen and oxygen atoms in total. The molecule has 0 radical (unpaired) electrons. The molecule has 2 aromatic rings. The molecule has 0 saturated carbocycles. The average molecular weight is 475 g/mol. The number of halogens is 1. The molecule has 176 valence electrons. The van der Waals surface area contributed by atoms with Gasteiger partial charge in [-0.2, -0.15) is 0 Å². The van der Waals surface area contributed by atoms with Gasteiger partial charge >= 0.3 is 0 Å². The predicted octanol–water partition coefficient (Wildman–Crippen LogP) is 3.71. The lowest BCUT2D eigenvalue weighted by molar-refractivity contribution is -0.384. The topological polar surface area (TPSA) is 130 Å². The summed E-state index contributed by atoms with van der Waals surface area (Å²) < 4.78 is 0. The van der Waals surface area contributed by atoms with Crippen molar-refractivity contribution in [3.05, 3.63) is 68.7 Å². The van der Waals surface area contributed by atoms with Gasteiger partial charge < -0.3 is 16.0 Å². The zero-order chi connectivity index (χ0) is 24.7. The molecule has 33 heavy (non-hydrogen) atoms. The largest absolute Gasteiger partial charge is 0.354 e. The standard InChI is InChI=1S/C23H27ClN4O5/c1-13(2)21(27-22(30)18-10-9-17(28(32)33)12-19(18)24)23(31)26-16-7-5-15(6-8-16)11-20(29)25-14(3)4/h5-10,12-14,21H,11H2,1-4H3,(H,25,29)(H,26,31)(H,27,30). The molecule has 0 aromatic heterocycles. The summed E-state index contributed by atoms with van der Waals surface area (Å²) in [4.78, 5) is 47.6. The van der Waals surface area contributed by atoms with Crippen LogP contribution in [0.4, 0.5) is 11.4 Å². The van der Waals surface area contributed by atoms with Crippen molar-refractivity contribution in [1.29, 1.82) is 0 Å². The van der Waals surface area contributed by atoms with Crippen LogP contribution in [0.15, 0.2) is 42.5 Å². The molecule has 1 atom stereocenters. The monoisotopic (exact) mass is 474 g/mol. The maximum absolute atomic E-state index is 12.8. The Labute approximate surface area is 197 Å². The molecule has 0 aliphatic rings. The van der Waals surface area contributed by atoms with Crippen LogP contribution in [-0.4, -0.2) is 34.7 Å². The number of carbonyl (C=O) groups is 3. The highest BCUT2D eigenvalue weighted by atomic mass is 35.5. The second-order valence-electron chi connectivity index (χ2n) is 8.20. The minimum Gasteiger partial charge on any atom is -0.354 e. The molecular formula is C23H27ClN4O5. The number of amides is 3. The van der Waals surface area contributed by atoms with Crippen molar-refractivity contribution in [1.82, 2.24) is 10.6 Å². The Hall–Kier alpha value is -3.46. The number of benzene rings is 2. The number of hydrogen-bond donors (Lipinski definition) is 3. The Balaban J connectivity index is 2.06. The Kier molecular flexibility index (Phi) is 8.93. The third-order valence-electron chi connectivity index (χ3n) is 4.68. The predicted molar refractivity (Wildman–Crippen MR) is 126 cm³/mol. The fourth-order valence-electron chi connectivity index (χ4n) is 3.04. The van der Waals surface area contributed by atoms with Crippen LogP contribution in [0.2, 0.25) is 5.02 Å². The van der Waals surface area contributed by atoms with E-state index in [-0.39, 0.29) is 40.6 Å². The van der Waals surface area contributed by atoms with Crippen molar-refractivity contribution in [2.24, 2.45) is 5.92 Å². The van der Waals surface area contributed by atoms with Crippen LogP contribution in [0.1, 0.15) is 43.6 Å². The Morgan fingerprint density at radius 1 is 1.00 bits per heavy atom. The van der Waals surface area contributed by atoms with Crippen molar-refractivity contribution >= 4 is 40.7 Å². The average Bonchev–Trinajstić information content (AvgIpc) is 2.72. The second-order valence-corrected chi connectivity index (χ2v) is 8.61. The smallest absolute Gasteiger partial charge is 0.270 e. The normalized spacial score (nSPS) is 11.7. The zero-order valence-electron chi connectivity index (χ0n) is 18.8. The first-order valence-electron chi connectivity index (χ1n) is 10.4. The third kappa shape index (κ3) is 7.57. The maximum Gasteiger partial charge on any atom is 0.270 e. The van der Waals surface area contributed by atoms with Gasteiger partial charge in [-0.05, 0) is 43.5 Å². The highest BCUT2D eigenvalue weighted by molar-refractivity contribution is 6.34. The van der Waals surface area contributed by atoms with Crippen molar-refractivity contribution in [3.63, 3.8) is 0 Å². The number of hydrogen-bond acceptors (Lipinski definition) is 5. The van der Waals surface area contributed by atoms with Crippen LogP contribution in [0, 0.1) is 16.0 Å². The summed E-state index contributed by atoms with van der Waals surface area (Å²) in [6.45, 7) is 7.32. The molecule has 2 rings (SSSR count). The number of nitrogens with zero attached hydrogens (tertiary/aromatic N) is 1. The molecule has 3 amide bonds. The first-order chi connectivity index (χ1) is 15.5. The minimum absolute atomic E-state index is 0.0322. The number of carbonyl (C=O) groups excluding carboxylic acids is 3. The first-order valence-corrected chi connectivity index (χ1v) is 10.8. The molecule has 2 aromatic carbocycles. The lowest BCUT2D eigenvalue weighted by atomic mass is 10.0. The summed E-state index contributed by atoms with van der Waals surface area (Å²) in [7, 11) is 0. The van der Waals surface area contributed by atoms with Crippen molar-refractivity contribution in [3.8, 4) is 0 Å². The van der Waals surface area contributed by atoms with Gasteiger partial charge in [-0.25, -0.2) is 0 Å². The number of non-ortho nitro benzene ring substituents is 1. The number of nitro benzene ring substituents is 1. The summed E-state index contributed by atoms with van der Waals surface area (Å²) in [5, 5.41) is 19.0.